The second kappa shape index (κ2) is 7.38. The second-order valence-corrected chi connectivity index (χ2v) is 5.62. The molecule has 5 nitrogen and oxygen atoms in total. The average molecular weight is 250 g/mol. The van der Waals surface area contributed by atoms with E-state index in [0.717, 1.165) is 0 Å². The molecule has 0 heterocycles. The summed E-state index contributed by atoms with van der Waals surface area (Å²) >= 11 is 0. The summed E-state index contributed by atoms with van der Waals surface area (Å²) in [5.74, 6) is -1.36. The Morgan fingerprint density at radius 2 is 1.75 bits per heavy atom. The first-order valence-electron chi connectivity index (χ1n) is 5.29. The molecule has 0 unspecified atom stereocenters. The summed E-state index contributed by atoms with van der Waals surface area (Å²) in [6.45, 7) is 3.67. The number of ketones is 1. The minimum absolute atomic E-state index is 0.0121. The summed E-state index contributed by atoms with van der Waals surface area (Å²) in [7, 11) is -3.29. The van der Waals surface area contributed by atoms with Gasteiger partial charge in [-0.2, -0.15) is 0 Å². The normalized spacial score (nSPS) is 11.1. The van der Waals surface area contributed by atoms with Crippen LogP contribution in [0, 0.1) is 0 Å². The summed E-state index contributed by atoms with van der Waals surface area (Å²) < 4.78 is 27.2. The number of hydrogen-bond donors (Lipinski definition) is 0. The third-order valence-electron chi connectivity index (χ3n) is 1.81. The molecule has 0 rings (SSSR count). The smallest absolute Gasteiger partial charge is 0.306 e. The van der Waals surface area contributed by atoms with Gasteiger partial charge in [0.2, 0.25) is 0 Å². The molecule has 0 fully saturated rings. The van der Waals surface area contributed by atoms with Gasteiger partial charge in [0.1, 0.15) is 11.5 Å². The molecule has 0 aromatic rings. The van der Waals surface area contributed by atoms with Crippen molar-refractivity contribution in [2.45, 2.75) is 33.1 Å². The number of ether oxygens (including phenoxy) is 1. The molecule has 0 aliphatic carbocycles. The molecule has 0 saturated heterocycles. The molecule has 0 N–H and O–H groups in total. The Labute approximate surface area is 96.1 Å². The molecule has 0 aromatic carbocycles. The van der Waals surface area contributed by atoms with Crippen LogP contribution in [0.3, 0.4) is 0 Å². The zero-order valence-corrected chi connectivity index (χ0v) is 10.5. The highest BCUT2D eigenvalue weighted by Crippen LogP contribution is 2.00. The van der Waals surface area contributed by atoms with Crippen LogP contribution in [0.2, 0.25) is 0 Å². The third kappa shape index (κ3) is 7.39. The monoisotopic (exact) mass is 250 g/mol. The van der Waals surface area contributed by atoms with Gasteiger partial charge >= 0.3 is 5.97 Å². The number of carbonyl (C=O) groups excluding carboxylic acids is 2. The van der Waals surface area contributed by atoms with Gasteiger partial charge in [0, 0.05) is 6.42 Å². The molecule has 0 amide bonds. The van der Waals surface area contributed by atoms with E-state index in [1.165, 1.54) is 0 Å². The van der Waals surface area contributed by atoms with Crippen molar-refractivity contribution in [2.75, 3.05) is 18.1 Å². The molecule has 94 valence electrons. The number of Topliss-reactive ketones (excluding diaryl/α,β-unsaturated/α-hetero) is 1. The molecule has 0 aromatic heterocycles. The van der Waals surface area contributed by atoms with Crippen LogP contribution in [0.15, 0.2) is 0 Å². The lowest BCUT2D eigenvalue weighted by Crippen LogP contribution is -2.19. The highest BCUT2D eigenvalue weighted by Gasteiger charge is 2.16. The molecule has 0 spiro atoms. The van der Waals surface area contributed by atoms with E-state index in [1.807, 2.05) is 0 Å². The van der Waals surface area contributed by atoms with Gasteiger partial charge in [-0.15, -0.1) is 0 Å². The van der Waals surface area contributed by atoms with Crippen molar-refractivity contribution in [2.24, 2.45) is 0 Å². The first-order valence-corrected chi connectivity index (χ1v) is 7.11. The van der Waals surface area contributed by atoms with E-state index in [-0.39, 0.29) is 25.2 Å². The zero-order chi connectivity index (χ0) is 12.6. The van der Waals surface area contributed by atoms with Crippen molar-refractivity contribution < 1.29 is 22.7 Å². The van der Waals surface area contributed by atoms with Crippen LogP contribution in [-0.4, -0.2) is 38.3 Å². The first kappa shape index (κ1) is 15.1. The summed E-state index contributed by atoms with van der Waals surface area (Å²) in [5.41, 5.74) is 0. The maximum absolute atomic E-state index is 11.3. The van der Waals surface area contributed by atoms with Gasteiger partial charge < -0.3 is 4.74 Å². The molecular weight excluding hydrogens is 232 g/mol. The maximum atomic E-state index is 11.3. The SMILES string of the molecule is CCCS(=O)(=O)CC(=O)CCC(=O)OCC. The van der Waals surface area contributed by atoms with E-state index in [2.05, 4.69) is 4.74 Å². The Morgan fingerprint density at radius 1 is 1.12 bits per heavy atom. The van der Waals surface area contributed by atoms with Crippen molar-refractivity contribution >= 4 is 21.6 Å². The lowest BCUT2D eigenvalue weighted by Gasteiger charge is -2.02. The van der Waals surface area contributed by atoms with Gasteiger partial charge in [-0.3, -0.25) is 9.59 Å². The van der Waals surface area contributed by atoms with Gasteiger partial charge in [-0.1, -0.05) is 6.92 Å². The second-order valence-electron chi connectivity index (χ2n) is 3.44. The highest BCUT2D eigenvalue weighted by atomic mass is 32.2. The van der Waals surface area contributed by atoms with Crippen molar-refractivity contribution in [3.63, 3.8) is 0 Å². The van der Waals surface area contributed by atoms with Gasteiger partial charge in [0.25, 0.3) is 0 Å². The predicted octanol–water partition coefficient (Wildman–Crippen LogP) is 0.724. The minimum Gasteiger partial charge on any atom is -0.466 e. The van der Waals surface area contributed by atoms with Crippen LogP contribution in [0.25, 0.3) is 0 Å². The summed E-state index contributed by atoms with van der Waals surface area (Å²) in [5, 5.41) is 0. The maximum Gasteiger partial charge on any atom is 0.306 e. The van der Waals surface area contributed by atoms with Crippen molar-refractivity contribution in [1.29, 1.82) is 0 Å². The molecule has 0 aliphatic rings. The van der Waals surface area contributed by atoms with Crippen LogP contribution in [0.1, 0.15) is 33.1 Å². The molecule has 6 heteroatoms. The Kier molecular flexibility index (Phi) is 6.96. The van der Waals surface area contributed by atoms with E-state index < -0.39 is 27.3 Å². The van der Waals surface area contributed by atoms with Crippen LogP contribution >= 0.6 is 0 Å². The minimum atomic E-state index is -3.29. The Morgan fingerprint density at radius 3 is 2.25 bits per heavy atom. The number of hydrogen-bond acceptors (Lipinski definition) is 5. The summed E-state index contributed by atoms with van der Waals surface area (Å²) in [4.78, 5) is 22.2. The molecular formula is C10H18O5S. The molecule has 16 heavy (non-hydrogen) atoms. The Balaban J connectivity index is 3.96. The van der Waals surface area contributed by atoms with Crippen molar-refractivity contribution in [3.05, 3.63) is 0 Å². The molecule has 0 radical (unpaired) electrons. The lowest BCUT2D eigenvalue weighted by atomic mass is 10.2. The fraction of sp³-hybridized carbons (Fsp3) is 0.800. The fourth-order valence-electron chi connectivity index (χ4n) is 1.18. The molecule has 0 saturated carbocycles. The number of rotatable bonds is 8. The van der Waals surface area contributed by atoms with Gasteiger partial charge in [0.05, 0.1) is 18.8 Å². The van der Waals surface area contributed by atoms with Crippen LogP contribution in [-0.2, 0) is 24.2 Å². The summed E-state index contributed by atoms with van der Waals surface area (Å²) in [6.07, 6.45) is 0.379. The van der Waals surface area contributed by atoms with Gasteiger partial charge in [-0.25, -0.2) is 8.42 Å². The number of sulfone groups is 1. The van der Waals surface area contributed by atoms with Crippen molar-refractivity contribution in [1.82, 2.24) is 0 Å². The molecule has 0 aliphatic heterocycles. The Bertz CT molecular complexity index is 331. The van der Waals surface area contributed by atoms with E-state index in [0.29, 0.717) is 6.42 Å². The first-order chi connectivity index (χ1) is 7.41. The highest BCUT2D eigenvalue weighted by molar-refractivity contribution is 7.92. The largest absolute Gasteiger partial charge is 0.466 e. The average Bonchev–Trinajstić information content (AvgIpc) is 2.14. The van der Waals surface area contributed by atoms with E-state index >= 15 is 0 Å². The van der Waals surface area contributed by atoms with Crippen LogP contribution in [0.5, 0.6) is 0 Å². The van der Waals surface area contributed by atoms with Crippen LogP contribution in [0.4, 0.5) is 0 Å². The van der Waals surface area contributed by atoms with Gasteiger partial charge in [-0.05, 0) is 13.3 Å². The number of carbonyl (C=O) groups is 2. The zero-order valence-electron chi connectivity index (χ0n) is 9.69. The third-order valence-corrected chi connectivity index (χ3v) is 3.60. The van der Waals surface area contributed by atoms with E-state index in [1.54, 1.807) is 13.8 Å². The van der Waals surface area contributed by atoms with Gasteiger partial charge in [0.15, 0.2) is 9.84 Å². The topological polar surface area (TPSA) is 77.5 Å². The van der Waals surface area contributed by atoms with Crippen LogP contribution < -0.4 is 0 Å². The lowest BCUT2D eigenvalue weighted by molar-refractivity contribution is -0.144. The Hall–Kier alpha value is -0.910. The summed E-state index contributed by atoms with van der Waals surface area (Å²) in [6, 6.07) is 0. The molecule has 0 bridgehead atoms. The number of esters is 1. The van der Waals surface area contributed by atoms with Crippen molar-refractivity contribution in [3.8, 4) is 0 Å². The standard InChI is InChI=1S/C10H18O5S/c1-3-7-16(13,14)8-9(11)5-6-10(12)15-4-2/h3-8H2,1-2H3. The quantitative estimate of drug-likeness (QED) is 0.593. The van der Waals surface area contributed by atoms with E-state index in [9.17, 15) is 18.0 Å². The van der Waals surface area contributed by atoms with E-state index in [4.69, 9.17) is 0 Å². The fourth-order valence-corrected chi connectivity index (χ4v) is 2.58. The predicted molar refractivity (Wildman–Crippen MR) is 59.8 cm³/mol. The molecule has 0 atom stereocenters.